The molecule has 0 N–H and O–H groups in total. The van der Waals surface area contributed by atoms with E-state index in [-0.39, 0.29) is 12.3 Å². The van der Waals surface area contributed by atoms with Gasteiger partial charge in [0.2, 0.25) is 5.91 Å². The van der Waals surface area contributed by atoms with E-state index in [2.05, 4.69) is 12.8 Å². The molecule has 1 aliphatic rings. The number of rotatable bonds is 2. The lowest BCUT2D eigenvalue weighted by atomic mass is 10.1. The van der Waals surface area contributed by atoms with E-state index in [1.54, 1.807) is 0 Å². The molecule has 0 bridgehead atoms. The molecule has 2 nitrogen and oxygen atoms in total. The molecule has 1 fully saturated rings. The fourth-order valence-corrected chi connectivity index (χ4v) is 2.10. The number of nitrogens with zero attached hydrogens (tertiary/aromatic N) is 1. The van der Waals surface area contributed by atoms with E-state index < -0.39 is 0 Å². The van der Waals surface area contributed by atoms with Crippen LogP contribution in [0.15, 0.2) is 0 Å². The predicted octanol–water partition coefficient (Wildman–Crippen LogP) is 1.66. The second-order valence-electron chi connectivity index (χ2n) is 3.86. The average molecular weight is 179 g/mol. The van der Waals surface area contributed by atoms with Crippen LogP contribution in [0.2, 0.25) is 0 Å². The summed E-state index contributed by atoms with van der Waals surface area (Å²) in [6.07, 6.45) is 8.94. The highest BCUT2D eigenvalue weighted by atomic mass is 16.2. The lowest BCUT2D eigenvalue weighted by Crippen LogP contribution is -2.38. The highest BCUT2D eigenvalue weighted by Gasteiger charge is 2.28. The zero-order valence-corrected chi connectivity index (χ0v) is 8.42. The third-order valence-corrected chi connectivity index (χ3v) is 2.96. The topological polar surface area (TPSA) is 20.3 Å². The van der Waals surface area contributed by atoms with Crippen molar-refractivity contribution in [3.8, 4) is 12.3 Å². The van der Waals surface area contributed by atoms with Crippen LogP contribution in [0.5, 0.6) is 0 Å². The standard InChI is InChI=1S/C11H17NO/c1-4-6-11(13)12(3)10-8-5-7-9(10)2/h1,9-10H,5-8H2,2-3H3. The van der Waals surface area contributed by atoms with Gasteiger partial charge in [-0.05, 0) is 18.8 Å². The highest BCUT2D eigenvalue weighted by Crippen LogP contribution is 2.28. The van der Waals surface area contributed by atoms with Gasteiger partial charge in [-0.25, -0.2) is 0 Å². The Kier molecular flexibility index (Phi) is 3.36. The van der Waals surface area contributed by atoms with Crippen LogP contribution in [-0.2, 0) is 4.79 Å². The maximum Gasteiger partial charge on any atom is 0.234 e. The van der Waals surface area contributed by atoms with Gasteiger partial charge in [0, 0.05) is 13.1 Å². The van der Waals surface area contributed by atoms with E-state index in [1.165, 1.54) is 12.8 Å². The van der Waals surface area contributed by atoms with Gasteiger partial charge in [-0.1, -0.05) is 19.3 Å². The summed E-state index contributed by atoms with van der Waals surface area (Å²) in [6.45, 7) is 2.21. The van der Waals surface area contributed by atoms with E-state index in [1.807, 2.05) is 11.9 Å². The van der Waals surface area contributed by atoms with Gasteiger partial charge in [0.15, 0.2) is 0 Å². The van der Waals surface area contributed by atoms with Crippen molar-refractivity contribution in [2.75, 3.05) is 7.05 Å². The molecular formula is C11H17NO. The molecule has 0 spiro atoms. The van der Waals surface area contributed by atoms with Gasteiger partial charge >= 0.3 is 0 Å². The average Bonchev–Trinajstić information content (AvgIpc) is 2.50. The first-order chi connectivity index (χ1) is 6.16. The van der Waals surface area contributed by atoms with Crippen LogP contribution in [-0.4, -0.2) is 23.9 Å². The number of amides is 1. The highest BCUT2D eigenvalue weighted by molar-refractivity contribution is 5.78. The molecule has 0 aromatic rings. The summed E-state index contributed by atoms with van der Waals surface area (Å²) >= 11 is 0. The minimum absolute atomic E-state index is 0.0845. The van der Waals surface area contributed by atoms with Crippen LogP contribution in [0.3, 0.4) is 0 Å². The Bertz CT molecular complexity index is 229. The Hall–Kier alpha value is -0.970. The van der Waals surface area contributed by atoms with Crippen molar-refractivity contribution in [2.45, 2.75) is 38.6 Å². The van der Waals surface area contributed by atoms with Crippen molar-refractivity contribution in [1.82, 2.24) is 4.90 Å². The molecule has 72 valence electrons. The fraction of sp³-hybridized carbons (Fsp3) is 0.727. The molecule has 2 unspecified atom stereocenters. The van der Waals surface area contributed by atoms with Crippen molar-refractivity contribution in [1.29, 1.82) is 0 Å². The van der Waals surface area contributed by atoms with Crippen LogP contribution < -0.4 is 0 Å². The third-order valence-electron chi connectivity index (χ3n) is 2.96. The quantitative estimate of drug-likeness (QED) is 0.590. The Balaban J connectivity index is 2.51. The maximum absolute atomic E-state index is 11.5. The summed E-state index contributed by atoms with van der Waals surface area (Å²) in [6, 6.07) is 0.417. The van der Waals surface area contributed by atoms with Crippen LogP contribution in [0, 0.1) is 18.3 Å². The number of terminal acetylenes is 1. The molecule has 0 radical (unpaired) electrons. The van der Waals surface area contributed by atoms with Crippen LogP contribution in [0.25, 0.3) is 0 Å². The van der Waals surface area contributed by atoms with Crippen LogP contribution in [0.4, 0.5) is 0 Å². The molecule has 1 amide bonds. The molecule has 0 aromatic carbocycles. The van der Waals surface area contributed by atoms with E-state index in [0.717, 1.165) is 6.42 Å². The molecule has 0 aliphatic heterocycles. The number of hydrogen-bond donors (Lipinski definition) is 0. The zero-order valence-electron chi connectivity index (χ0n) is 8.42. The van der Waals surface area contributed by atoms with E-state index in [0.29, 0.717) is 12.0 Å². The molecule has 0 saturated heterocycles. The Morgan fingerprint density at radius 2 is 2.31 bits per heavy atom. The predicted molar refractivity (Wildman–Crippen MR) is 53.0 cm³/mol. The van der Waals surface area contributed by atoms with Crippen molar-refractivity contribution in [3.05, 3.63) is 0 Å². The summed E-state index contributed by atoms with van der Waals surface area (Å²) in [5.74, 6) is 3.11. The van der Waals surface area contributed by atoms with Gasteiger partial charge in [-0.3, -0.25) is 4.79 Å². The van der Waals surface area contributed by atoms with Gasteiger partial charge in [0.1, 0.15) is 0 Å². The molecule has 2 heteroatoms. The second kappa shape index (κ2) is 4.32. The Labute approximate surface area is 80.3 Å². The molecule has 1 rings (SSSR count). The summed E-state index contributed by atoms with van der Waals surface area (Å²) in [5.41, 5.74) is 0. The van der Waals surface area contributed by atoms with Crippen LogP contribution in [0.1, 0.15) is 32.6 Å². The largest absolute Gasteiger partial charge is 0.342 e. The van der Waals surface area contributed by atoms with Gasteiger partial charge in [0.05, 0.1) is 6.42 Å². The number of carbonyl (C=O) groups is 1. The van der Waals surface area contributed by atoms with Crippen molar-refractivity contribution in [3.63, 3.8) is 0 Å². The summed E-state index contributed by atoms with van der Waals surface area (Å²) < 4.78 is 0. The van der Waals surface area contributed by atoms with Gasteiger partial charge in [-0.2, -0.15) is 0 Å². The van der Waals surface area contributed by atoms with E-state index >= 15 is 0 Å². The van der Waals surface area contributed by atoms with Crippen molar-refractivity contribution < 1.29 is 4.79 Å². The lowest BCUT2D eigenvalue weighted by Gasteiger charge is -2.27. The smallest absolute Gasteiger partial charge is 0.234 e. The zero-order chi connectivity index (χ0) is 9.84. The molecule has 2 atom stereocenters. The minimum atomic E-state index is 0.0845. The number of hydrogen-bond acceptors (Lipinski definition) is 1. The van der Waals surface area contributed by atoms with Crippen molar-refractivity contribution in [2.24, 2.45) is 5.92 Å². The summed E-state index contributed by atoms with van der Waals surface area (Å²) in [7, 11) is 1.87. The third kappa shape index (κ3) is 2.24. The Morgan fingerprint density at radius 3 is 2.77 bits per heavy atom. The van der Waals surface area contributed by atoms with E-state index in [4.69, 9.17) is 6.42 Å². The normalized spacial score (nSPS) is 26.8. The first-order valence-corrected chi connectivity index (χ1v) is 4.86. The summed E-state index contributed by atoms with van der Waals surface area (Å²) in [5, 5.41) is 0. The molecule has 0 heterocycles. The van der Waals surface area contributed by atoms with Crippen molar-refractivity contribution >= 4 is 5.91 Å². The fourth-order valence-electron chi connectivity index (χ4n) is 2.10. The minimum Gasteiger partial charge on any atom is -0.342 e. The Morgan fingerprint density at radius 1 is 1.62 bits per heavy atom. The summed E-state index contributed by atoms with van der Waals surface area (Å²) in [4.78, 5) is 13.3. The van der Waals surface area contributed by atoms with E-state index in [9.17, 15) is 4.79 Å². The molecule has 1 aliphatic carbocycles. The number of carbonyl (C=O) groups excluding carboxylic acids is 1. The molecular weight excluding hydrogens is 162 g/mol. The molecule has 0 aromatic heterocycles. The van der Waals surface area contributed by atoms with Gasteiger partial charge < -0.3 is 4.90 Å². The maximum atomic E-state index is 11.5. The monoisotopic (exact) mass is 179 g/mol. The van der Waals surface area contributed by atoms with Gasteiger partial charge in [0.25, 0.3) is 0 Å². The second-order valence-corrected chi connectivity index (χ2v) is 3.86. The SMILES string of the molecule is C#CCC(=O)N(C)C1CCCC1C. The first kappa shape index (κ1) is 10.1. The van der Waals surface area contributed by atoms with Crippen LogP contribution >= 0.6 is 0 Å². The molecule has 13 heavy (non-hydrogen) atoms. The first-order valence-electron chi connectivity index (χ1n) is 4.86. The molecule has 1 saturated carbocycles. The van der Waals surface area contributed by atoms with Gasteiger partial charge in [-0.15, -0.1) is 6.42 Å². The lowest BCUT2D eigenvalue weighted by molar-refractivity contribution is -0.131.